The molecule has 0 aliphatic heterocycles. The molecule has 0 fully saturated rings. The Labute approximate surface area is 159 Å². The maximum Gasteiger partial charge on any atom is 0.252 e. The summed E-state index contributed by atoms with van der Waals surface area (Å²) in [6.45, 7) is 4.12. The summed E-state index contributed by atoms with van der Waals surface area (Å²) >= 11 is 3.60. The largest absolute Gasteiger partial charge is 0.343 e. The predicted molar refractivity (Wildman–Crippen MR) is 106 cm³/mol. The lowest BCUT2D eigenvalue weighted by Crippen LogP contribution is -2.33. The highest BCUT2D eigenvalue weighted by Gasteiger charge is 2.13. The molecule has 0 saturated carbocycles. The molecular formula is C17H20IN3O2S. The van der Waals surface area contributed by atoms with Crippen molar-refractivity contribution in [3.8, 4) is 0 Å². The van der Waals surface area contributed by atoms with Crippen molar-refractivity contribution in [3.63, 3.8) is 0 Å². The van der Waals surface area contributed by atoms with E-state index in [0.29, 0.717) is 10.7 Å². The molecule has 2 amide bonds. The van der Waals surface area contributed by atoms with Gasteiger partial charge in [-0.05, 0) is 47.6 Å². The summed E-state index contributed by atoms with van der Waals surface area (Å²) in [5.74, 6) is -0.524. The summed E-state index contributed by atoms with van der Waals surface area (Å²) in [7, 11) is 0. The maximum atomic E-state index is 12.1. The Bertz CT molecular complexity index is 730. The van der Waals surface area contributed by atoms with E-state index in [1.54, 1.807) is 12.1 Å². The number of aryl methyl sites for hydroxylation is 2. The molecule has 0 spiro atoms. The van der Waals surface area contributed by atoms with Crippen molar-refractivity contribution >= 4 is 50.9 Å². The van der Waals surface area contributed by atoms with Crippen LogP contribution in [-0.2, 0) is 17.6 Å². The van der Waals surface area contributed by atoms with Gasteiger partial charge in [-0.15, -0.1) is 11.3 Å². The second-order valence-electron chi connectivity index (χ2n) is 5.20. The third-order valence-electron chi connectivity index (χ3n) is 3.36. The van der Waals surface area contributed by atoms with Crippen molar-refractivity contribution in [1.82, 2.24) is 10.3 Å². The van der Waals surface area contributed by atoms with Crippen LogP contribution in [0.25, 0.3) is 0 Å². The Morgan fingerprint density at radius 1 is 1.25 bits per heavy atom. The number of carbonyl (C=O) groups is 2. The molecule has 7 heteroatoms. The molecule has 2 N–H and O–H groups in total. The Kier molecular flexibility index (Phi) is 7.16. The van der Waals surface area contributed by atoms with Gasteiger partial charge in [-0.25, -0.2) is 4.98 Å². The molecule has 0 radical (unpaired) electrons. The molecule has 2 rings (SSSR count). The predicted octanol–water partition coefficient (Wildman–Crippen LogP) is 3.63. The first kappa shape index (κ1) is 18.9. The zero-order chi connectivity index (χ0) is 17.5. The highest BCUT2D eigenvalue weighted by atomic mass is 127. The fourth-order valence-corrected chi connectivity index (χ4v) is 3.81. The lowest BCUT2D eigenvalue weighted by Gasteiger charge is -2.06. The number of hydrogen-bond donors (Lipinski definition) is 2. The number of rotatable bonds is 7. The van der Waals surface area contributed by atoms with Crippen LogP contribution in [0.1, 0.15) is 41.2 Å². The normalized spacial score (nSPS) is 10.5. The van der Waals surface area contributed by atoms with Crippen LogP contribution in [0.3, 0.4) is 0 Å². The minimum atomic E-state index is -0.270. The molecule has 1 aromatic heterocycles. The van der Waals surface area contributed by atoms with E-state index >= 15 is 0 Å². The van der Waals surface area contributed by atoms with Gasteiger partial charge in [0.1, 0.15) is 0 Å². The van der Waals surface area contributed by atoms with E-state index in [2.05, 4.69) is 52.1 Å². The van der Waals surface area contributed by atoms with Gasteiger partial charge in [-0.2, -0.15) is 0 Å². The Balaban J connectivity index is 1.92. The molecule has 1 aromatic carbocycles. The first-order chi connectivity index (χ1) is 11.5. The summed E-state index contributed by atoms with van der Waals surface area (Å²) in [5.41, 5.74) is 1.63. The van der Waals surface area contributed by atoms with Gasteiger partial charge in [0.05, 0.1) is 17.8 Å². The van der Waals surface area contributed by atoms with Crippen LogP contribution in [0, 0.1) is 3.57 Å². The van der Waals surface area contributed by atoms with Crippen LogP contribution in [0.4, 0.5) is 5.13 Å². The SMILES string of the molecule is CCCc1nc(NC(=O)CNC(=O)c2ccccc2I)sc1CC. The lowest BCUT2D eigenvalue weighted by atomic mass is 10.2. The van der Waals surface area contributed by atoms with Crippen LogP contribution in [0.15, 0.2) is 24.3 Å². The highest BCUT2D eigenvalue weighted by molar-refractivity contribution is 14.1. The van der Waals surface area contributed by atoms with E-state index in [-0.39, 0.29) is 18.4 Å². The number of anilines is 1. The molecule has 0 aliphatic carbocycles. The number of aromatic nitrogens is 1. The van der Waals surface area contributed by atoms with E-state index in [1.165, 1.54) is 16.2 Å². The number of nitrogens with zero attached hydrogens (tertiary/aromatic N) is 1. The van der Waals surface area contributed by atoms with Crippen molar-refractivity contribution in [2.45, 2.75) is 33.1 Å². The third-order valence-corrected chi connectivity index (χ3v) is 5.46. The number of thiazole rings is 1. The van der Waals surface area contributed by atoms with E-state index < -0.39 is 0 Å². The van der Waals surface area contributed by atoms with Gasteiger partial charge in [0, 0.05) is 8.45 Å². The Hall–Kier alpha value is -1.48. The standard InChI is InChI=1S/C17H20IN3O2S/c1-3-7-13-14(4-2)24-17(20-13)21-15(22)10-19-16(23)11-8-5-6-9-12(11)18/h5-6,8-9H,3-4,7,10H2,1-2H3,(H,19,23)(H,20,21,22). The third kappa shape index (κ3) is 5.01. The fraction of sp³-hybridized carbons (Fsp3) is 0.353. The molecule has 1 heterocycles. The highest BCUT2D eigenvalue weighted by Crippen LogP contribution is 2.24. The van der Waals surface area contributed by atoms with E-state index in [9.17, 15) is 9.59 Å². The average Bonchev–Trinajstić information content (AvgIpc) is 2.95. The Morgan fingerprint density at radius 2 is 2.00 bits per heavy atom. The molecule has 2 aromatic rings. The molecule has 24 heavy (non-hydrogen) atoms. The zero-order valence-corrected chi connectivity index (χ0v) is 16.7. The number of carbonyl (C=O) groups excluding carboxylic acids is 2. The molecule has 128 valence electrons. The van der Waals surface area contributed by atoms with Crippen molar-refractivity contribution in [2.75, 3.05) is 11.9 Å². The summed E-state index contributed by atoms with van der Waals surface area (Å²) < 4.78 is 0.852. The topological polar surface area (TPSA) is 71.1 Å². The van der Waals surface area contributed by atoms with Gasteiger partial charge in [0.15, 0.2) is 5.13 Å². The van der Waals surface area contributed by atoms with Gasteiger partial charge in [0.2, 0.25) is 5.91 Å². The van der Waals surface area contributed by atoms with Gasteiger partial charge < -0.3 is 10.6 Å². The smallest absolute Gasteiger partial charge is 0.252 e. The number of hydrogen-bond acceptors (Lipinski definition) is 4. The molecule has 0 unspecified atom stereocenters. The minimum Gasteiger partial charge on any atom is -0.343 e. The molecule has 0 atom stereocenters. The van der Waals surface area contributed by atoms with Gasteiger partial charge in [0.25, 0.3) is 5.91 Å². The first-order valence-electron chi connectivity index (χ1n) is 7.86. The Morgan fingerprint density at radius 3 is 2.67 bits per heavy atom. The number of amides is 2. The number of halogens is 1. The summed E-state index contributed by atoms with van der Waals surface area (Å²) in [6.07, 6.45) is 2.85. The number of benzene rings is 1. The van der Waals surface area contributed by atoms with Crippen molar-refractivity contribution in [2.24, 2.45) is 0 Å². The lowest BCUT2D eigenvalue weighted by molar-refractivity contribution is -0.115. The van der Waals surface area contributed by atoms with E-state index in [1.807, 2.05) is 12.1 Å². The summed E-state index contributed by atoms with van der Waals surface area (Å²) in [4.78, 5) is 29.8. The minimum absolute atomic E-state index is 0.0754. The van der Waals surface area contributed by atoms with Crippen molar-refractivity contribution in [3.05, 3.63) is 44.0 Å². The van der Waals surface area contributed by atoms with Gasteiger partial charge in [-0.1, -0.05) is 32.4 Å². The fourth-order valence-electron chi connectivity index (χ4n) is 2.21. The van der Waals surface area contributed by atoms with Gasteiger partial charge >= 0.3 is 0 Å². The van der Waals surface area contributed by atoms with Crippen LogP contribution in [-0.4, -0.2) is 23.3 Å². The first-order valence-corrected chi connectivity index (χ1v) is 9.75. The van der Waals surface area contributed by atoms with Gasteiger partial charge in [-0.3, -0.25) is 9.59 Å². The molecule has 0 saturated heterocycles. The van der Waals surface area contributed by atoms with Crippen LogP contribution in [0.2, 0.25) is 0 Å². The van der Waals surface area contributed by atoms with Crippen molar-refractivity contribution < 1.29 is 9.59 Å². The second-order valence-corrected chi connectivity index (χ2v) is 7.45. The molecule has 0 aliphatic rings. The van der Waals surface area contributed by atoms with E-state index in [4.69, 9.17) is 0 Å². The van der Waals surface area contributed by atoms with Crippen LogP contribution in [0.5, 0.6) is 0 Å². The molecule has 5 nitrogen and oxygen atoms in total. The molecule has 0 bridgehead atoms. The average molecular weight is 457 g/mol. The zero-order valence-electron chi connectivity index (χ0n) is 13.7. The van der Waals surface area contributed by atoms with Crippen LogP contribution >= 0.6 is 33.9 Å². The summed E-state index contributed by atoms with van der Waals surface area (Å²) in [5, 5.41) is 6.01. The van der Waals surface area contributed by atoms with E-state index in [0.717, 1.165) is 28.5 Å². The molecular weight excluding hydrogens is 437 g/mol. The van der Waals surface area contributed by atoms with Crippen LogP contribution < -0.4 is 10.6 Å². The number of nitrogens with one attached hydrogen (secondary N) is 2. The second kappa shape index (κ2) is 9.12. The van der Waals surface area contributed by atoms with Crippen molar-refractivity contribution in [1.29, 1.82) is 0 Å². The monoisotopic (exact) mass is 457 g/mol. The maximum absolute atomic E-state index is 12.1. The quantitative estimate of drug-likeness (QED) is 0.624. The summed E-state index contributed by atoms with van der Waals surface area (Å²) in [6, 6.07) is 7.26.